The molecule has 32 heavy (non-hydrogen) atoms. The molecule has 2 aromatic rings. The molecule has 0 spiro atoms. The zero-order valence-corrected chi connectivity index (χ0v) is 21.7. The molecule has 0 radical (unpaired) electrons. The van der Waals surface area contributed by atoms with E-state index in [4.69, 9.17) is 19.0 Å². The molecule has 1 aliphatic rings. The summed E-state index contributed by atoms with van der Waals surface area (Å²) in [7, 11) is 3.76. The summed E-state index contributed by atoms with van der Waals surface area (Å²) in [6, 6.07) is 7.66. The molecule has 1 aromatic heterocycles. The number of benzene rings is 1. The van der Waals surface area contributed by atoms with Crippen LogP contribution in [0, 0.1) is 5.92 Å². The molecule has 2 heterocycles. The van der Waals surface area contributed by atoms with E-state index in [-0.39, 0.29) is 24.0 Å². The Bertz CT molecular complexity index is 806. The number of hydrogen-bond acceptors (Lipinski definition) is 6. The van der Waals surface area contributed by atoms with Gasteiger partial charge in [0.15, 0.2) is 5.96 Å². The van der Waals surface area contributed by atoms with Gasteiger partial charge in [0.1, 0.15) is 5.75 Å². The highest BCUT2D eigenvalue weighted by molar-refractivity contribution is 14.0. The molecule has 1 saturated heterocycles. The minimum Gasteiger partial charge on any atom is -0.497 e. The predicted molar refractivity (Wildman–Crippen MR) is 137 cm³/mol. The molecule has 178 valence electrons. The Morgan fingerprint density at radius 1 is 1.25 bits per heavy atom. The quantitative estimate of drug-likeness (QED) is 0.194. The summed E-state index contributed by atoms with van der Waals surface area (Å²) in [6.07, 6.45) is 5.04. The molecule has 0 bridgehead atoms. The van der Waals surface area contributed by atoms with E-state index in [0.717, 1.165) is 82.2 Å². The maximum atomic E-state index is 5.49. The monoisotopic (exact) mass is 557 g/mol. The van der Waals surface area contributed by atoms with Crippen molar-refractivity contribution in [1.29, 1.82) is 0 Å². The number of aryl methyl sites for hydroxylation is 1. The fourth-order valence-corrected chi connectivity index (χ4v) is 3.63. The second-order valence-corrected chi connectivity index (χ2v) is 7.90. The molecule has 0 aliphatic carbocycles. The zero-order valence-electron chi connectivity index (χ0n) is 19.4. The second kappa shape index (κ2) is 14.3. The van der Waals surface area contributed by atoms with Gasteiger partial charge in [-0.2, -0.15) is 4.98 Å². The van der Waals surface area contributed by atoms with Crippen molar-refractivity contribution < 1.29 is 14.0 Å². The number of nitrogens with zero attached hydrogens (tertiary/aromatic N) is 4. The first-order valence-electron chi connectivity index (χ1n) is 11.2. The molecule has 0 amide bonds. The summed E-state index contributed by atoms with van der Waals surface area (Å²) in [5.41, 5.74) is 0.925. The minimum atomic E-state index is 0. The molecule has 1 atom stereocenters. The number of aliphatic imine (C=N–C) groups is 1. The molecule has 3 rings (SSSR count). The van der Waals surface area contributed by atoms with Gasteiger partial charge >= 0.3 is 0 Å². The Hall–Kier alpha value is -1.88. The van der Waals surface area contributed by atoms with Crippen LogP contribution < -0.4 is 10.1 Å². The van der Waals surface area contributed by atoms with E-state index >= 15 is 0 Å². The highest BCUT2D eigenvalue weighted by Gasteiger charge is 2.19. The third-order valence-electron chi connectivity index (χ3n) is 5.38. The third-order valence-corrected chi connectivity index (χ3v) is 5.38. The molecular formula is C23H36IN5O3. The minimum absolute atomic E-state index is 0. The standard InChI is InChI=1S/C23H35N5O3.HI/c1-4-24-23(28(2)16-18-13-15-30-17-18)25-14-7-5-6-8-21-26-22(27-31-21)19-9-11-20(29-3)12-10-19;/h9-12,18H,4-8,13-17H2,1-3H3,(H,24,25);1H. The Balaban J connectivity index is 0.00000363. The number of aromatic nitrogens is 2. The molecule has 8 nitrogen and oxygen atoms in total. The van der Waals surface area contributed by atoms with Crippen LogP contribution in [0.2, 0.25) is 0 Å². The van der Waals surface area contributed by atoms with E-state index in [0.29, 0.717) is 17.6 Å². The van der Waals surface area contributed by atoms with Crippen molar-refractivity contribution in [2.24, 2.45) is 10.9 Å². The summed E-state index contributed by atoms with van der Waals surface area (Å²) in [6.45, 7) is 6.52. The second-order valence-electron chi connectivity index (χ2n) is 7.90. The van der Waals surface area contributed by atoms with Gasteiger partial charge in [-0.05, 0) is 50.5 Å². The molecular weight excluding hydrogens is 521 g/mol. The number of nitrogens with one attached hydrogen (secondary N) is 1. The Morgan fingerprint density at radius 3 is 2.75 bits per heavy atom. The summed E-state index contributed by atoms with van der Waals surface area (Å²) < 4.78 is 16.1. The number of unbranched alkanes of at least 4 members (excludes halogenated alkanes) is 2. The van der Waals surface area contributed by atoms with Crippen molar-refractivity contribution >= 4 is 29.9 Å². The summed E-state index contributed by atoms with van der Waals surface area (Å²) >= 11 is 0. The van der Waals surface area contributed by atoms with Crippen molar-refractivity contribution in [2.75, 3.05) is 47.0 Å². The Kier molecular flexibility index (Phi) is 11.8. The van der Waals surface area contributed by atoms with Gasteiger partial charge < -0.3 is 24.2 Å². The Labute approximate surface area is 208 Å². The van der Waals surface area contributed by atoms with Gasteiger partial charge in [0.25, 0.3) is 0 Å². The maximum Gasteiger partial charge on any atom is 0.226 e. The molecule has 1 fully saturated rings. The van der Waals surface area contributed by atoms with Crippen LogP contribution in [0.4, 0.5) is 0 Å². The van der Waals surface area contributed by atoms with Gasteiger partial charge in [-0.3, -0.25) is 4.99 Å². The van der Waals surface area contributed by atoms with Crippen LogP contribution in [0.25, 0.3) is 11.4 Å². The zero-order chi connectivity index (χ0) is 21.9. The molecule has 1 aliphatic heterocycles. The van der Waals surface area contributed by atoms with Crippen LogP contribution in [0.15, 0.2) is 33.8 Å². The van der Waals surface area contributed by atoms with Crippen molar-refractivity contribution in [2.45, 2.75) is 39.0 Å². The third kappa shape index (κ3) is 8.23. The van der Waals surface area contributed by atoms with Gasteiger partial charge in [0.2, 0.25) is 11.7 Å². The number of methoxy groups -OCH3 is 1. The van der Waals surface area contributed by atoms with Crippen LogP contribution in [0.5, 0.6) is 5.75 Å². The lowest BCUT2D eigenvalue weighted by Gasteiger charge is -2.24. The first-order valence-corrected chi connectivity index (χ1v) is 11.2. The van der Waals surface area contributed by atoms with E-state index in [9.17, 15) is 0 Å². The molecule has 1 N–H and O–H groups in total. The average Bonchev–Trinajstić information content (AvgIpc) is 3.47. The number of halogens is 1. The molecule has 1 unspecified atom stereocenters. The van der Waals surface area contributed by atoms with Crippen molar-refractivity contribution in [3.63, 3.8) is 0 Å². The summed E-state index contributed by atoms with van der Waals surface area (Å²) in [5.74, 6) is 3.70. The lowest BCUT2D eigenvalue weighted by Crippen LogP contribution is -2.41. The van der Waals surface area contributed by atoms with E-state index in [2.05, 4.69) is 34.3 Å². The first kappa shape index (κ1) is 26.4. The highest BCUT2D eigenvalue weighted by Crippen LogP contribution is 2.20. The van der Waals surface area contributed by atoms with Crippen molar-refractivity contribution in [3.8, 4) is 17.1 Å². The van der Waals surface area contributed by atoms with Crippen LogP contribution in [-0.2, 0) is 11.2 Å². The van der Waals surface area contributed by atoms with Crippen molar-refractivity contribution in [3.05, 3.63) is 30.2 Å². The lowest BCUT2D eigenvalue weighted by molar-refractivity contribution is 0.181. The topological polar surface area (TPSA) is 85.0 Å². The number of ether oxygens (including phenoxy) is 2. The number of guanidine groups is 1. The largest absolute Gasteiger partial charge is 0.497 e. The van der Waals surface area contributed by atoms with Crippen LogP contribution in [-0.4, -0.2) is 68.0 Å². The average molecular weight is 557 g/mol. The van der Waals surface area contributed by atoms with Crippen LogP contribution >= 0.6 is 24.0 Å². The fourth-order valence-electron chi connectivity index (χ4n) is 3.63. The predicted octanol–water partition coefficient (Wildman–Crippen LogP) is 4.01. The summed E-state index contributed by atoms with van der Waals surface area (Å²) in [4.78, 5) is 11.5. The molecule has 1 aromatic carbocycles. The number of rotatable bonds is 11. The van der Waals surface area contributed by atoms with E-state index in [1.807, 2.05) is 24.3 Å². The van der Waals surface area contributed by atoms with Crippen LogP contribution in [0.1, 0.15) is 38.5 Å². The van der Waals surface area contributed by atoms with E-state index in [1.54, 1.807) is 7.11 Å². The normalized spacial score (nSPS) is 16.0. The van der Waals surface area contributed by atoms with Gasteiger partial charge in [0, 0.05) is 51.2 Å². The van der Waals surface area contributed by atoms with Gasteiger partial charge in [-0.1, -0.05) is 11.6 Å². The van der Waals surface area contributed by atoms with E-state index in [1.165, 1.54) is 0 Å². The molecule has 0 saturated carbocycles. The highest BCUT2D eigenvalue weighted by atomic mass is 127. The smallest absolute Gasteiger partial charge is 0.226 e. The summed E-state index contributed by atoms with van der Waals surface area (Å²) in [5, 5.41) is 7.48. The molecule has 9 heteroatoms. The van der Waals surface area contributed by atoms with Crippen LogP contribution in [0.3, 0.4) is 0 Å². The maximum absolute atomic E-state index is 5.49. The fraction of sp³-hybridized carbons (Fsp3) is 0.609. The van der Waals surface area contributed by atoms with Gasteiger partial charge in [-0.25, -0.2) is 0 Å². The van der Waals surface area contributed by atoms with E-state index < -0.39 is 0 Å². The lowest BCUT2D eigenvalue weighted by atomic mass is 10.1. The first-order chi connectivity index (χ1) is 15.2. The Morgan fingerprint density at radius 2 is 2.06 bits per heavy atom. The SMILES string of the molecule is CCNC(=NCCCCCc1nc(-c2ccc(OC)cc2)no1)N(C)CC1CCOC1.I. The van der Waals surface area contributed by atoms with Crippen molar-refractivity contribution in [1.82, 2.24) is 20.4 Å². The van der Waals surface area contributed by atoms with Gasteiger partial charge in [0.05, 0.1) is 13.7 Å². The van der Waals surface area contributed by atoms with Gasteiger partial charge in [-0.15, -0.1) is 24.0 Å². The number of hydrogen-bond donors (Lipinski definition) is 1.